The fraction of sp³-hybridized carbons (Fsp3) is 0.588. The first-order valence-corrected chi connectivity index (χ1v) is 8.46. The Hall–Kier alpha value is -2.19. The van der Waals surface area contributed by atoms with Gasteiger partial charge in [0.2, 0.25) is 0 Å². The van der Waals surface area contributed by atoms with E-state index in [2.05, 4.69) is 5.32 Å². The van der Waals surface area contributed by atoms with Crippen molar-refractivity contribution < 1.29 is 19.2 Å². The Balaban J connectivity index is 1.88. The van der Waals surface area contributed by atoms with Gasteiger partial charge >= 0.3 is 0 Å². The molecule has 25 heavy (non-hydrogen) atoms. The van der Waals surface area contributed by atoms with E-state index >= 15 is 0 Å². The van der Waals surface area contributed by atoms with Crippen LogP contribution in [0.15, 0.2) is 18.2 Å². The van der Waals surface area contributed by atoms with Crippen molar-refractivity contribution in [3.05, 3.63) is 33.9 Å². The second-order valence-electron chi connectivity index (χ2n) is 6.84. The Morgan fingerprint density at radius 1 is 1.40 bits per heavy atom. The maximum Gasteiger partial charge on any atom is 0.293 e. The van der Waals surface area contributed by atoms with Crippen LogP contribution in [0.2, 0.25) is 0 Å². The number of nitrogens with zero attached hydrogens (tertiary/aromatic N) is 2. The molecule has 3 rings (SSSR count). The molecule has 8 heteroatoms. The summed E-state index contributed by atoms with van der Waals surface area (Å²) in [5, 5.41) is 14.3. The van der Waals surface area contributed by atoms with Gasteiger partial charge in [-0.3, -0.25) is 14.9 Å². The summed E-state index contributed by atoms with van der Waals surface area (Å²) in [5.74, 6) is -0.313. The lowest BCUT2D eigenvalue weighted by molar-refractivity contribution is -0.384. The Labute approximate surface area is 146 Å². The summed E-state index contributed by atoms with van der Waals surface area (Å²) in [6, 6.07) is 4.60. The number of morpholine rings is 1. The molecule has 0 bridgehead atoms. The number of nitrogens with one attached hydrogen (secondary N) is 1. The predicted molar refractivity (Wildman–Crippen MR) is 92.0 cm³/mol. The van der Waals surface area contributed by atoms with Crippen molar-refractivity contribution in [2.75, 3.05) is 37.8 Å². The van der Waals surface area contributed by atoms with E-state index in [9.17, 15) is 14.9 Å². The van der Waals surface area contributed by atoms with Crippen LogP contribution >= 0.6 is 0 Å². The number of rotatable bonds is 4. The van der Waals surface area contributed by atoms with Gasteiger partial charge in [0.05, 0.1) is 18.1 Å². The van der Waals surface area contributed by atoms with Gasteiger partial charge in [0, 0.05) is 43.8 Å². The number of anilines is 1. The minimum atomic E-state index is -0.436. The summed E-state index contributed by atoms with van der Waals surface area (Å²) in [4.78, 5) is 25.2. The molecule has 0 aromatic heterocycles. The van der Waals surface area contributed by atoms with Crippen LogP contribution in [0.25, 0.3) is 0 Å². The van der Waals surface area contributed by atoms with E-state index in [1.165, 1.54) is 6.07 Å². The lowest BCUT2D eigenvalue weighted by atomic mass is 10.00. The van der Waals surface area contributed by atoms with E-state index in [1.807, 2.05) is 18.7 Å². The van der Waals surface area contributed by atoms with Gasteiger partial charge in [-0.05, 0) is 26.0 Å². The molecule has 1 unspecified atom stereocenters. The summed E-state index contributed by atoms with van der Waals surface area (Å²) < 4.78 is 11.3. The molecule has 1 amide bonds. The molecule has 1 aromatic rings. The standard InChI is InChI=1S/C17H23N3O5/c1-12(2)18-16(21)13-3-4-14(15(9-13)20(22)23)19-6-8-25-17(10-19)5-7-24-11-17/h3-4,9,12H,5-8,10-11H2,1-2H3,(H,18,21). The smallest absolute Gasteiger partial charge is 0.293 e. The number of benzene rings is 1. The third-order valence-corrected chi connectivity index (χ3v) is 4.51. The molecule has 1 N–H and O–H groups in total. The van der Waals surface area contributed by atoms with Crippen molar-refractivity contribution in [2.24, 2.45) is 0 Å². The van der Waals surface area contributed by atoms with E-state index < -0.39 is 4.92 Å². The zero-order valence-electron chi connectivity index (χ0n) is 14.5. The van der Waals surface area contributed by atoms with Crippen molar-refractivity contribution in [3.8, 4) is 0 Å². The molecule has 0 radical (unpaired) electrons. The van der Waals surface area contributed by atoms with Gasteiger partial charge in [0.25, 0.3) is 11.6 Å². The molecule has 8 nitrogen and oxygen atoms in total. The molecule has 2 heterocycles. The normalized spacial score (nSPS) is 23.2. The molecule has 0 saturated carbocycles. The number of hydrogen-bond acceptors (Lipinski definition) is 6. The predicted octanol–water partition coefficient (Wildman–Crippen LogP) is 1.73. The van der Waals surface area contributed by atoms with Crippen LogP contribution in [0.1, 0.15) is 30.6 Å². The number of carbonyl (C=O) groups is 1. The second kappa shape index (κ2) is 6.97. The highest BCUT2D eigenvalue weighted by atomic mass is 16.6. The Bertz CT molecular complexity index is 670. The van der Waals surface area contributed by atoms with Crippen LogP contribution in [-0.2, 0) is 9.47 Å². The fourth-order valence-corrected chi connectivity index (χ4v) is 3.30. The molecule has 2 fully saturated rings. The van der Waals surface area contributed by atoms with Gasteiger partial charge in [0.15, 0.2) is 0 Å². The molecule has 136 valence electrons. The minimum Gasteiger partial charge on any atom is -0.378 e. The highest BCUT2D eigenvalue weighted by molar-refractivity contribution is 5.96. The Morgan fingerprint density at radius 3 is 2.84 bits per heavy atom. The number of nitro benzene ring substituents is 1. The number of hydrogen-bond donors (Lipinski definition) is 1. The zero-order chi connectivity index (χ0) is 18.0. The van der Waals surface area contributed by atoms with Crippen LogP contribution in [0.3, 0.4) is 0 Å². The van der Waals surface area contributed by atoms with E-state index in [1.54, 1.807) is 12.1 Å². The minimum absolute atomic E-state index is 0.0345. The number of nitro groups is 1. The average molecular weight is 349 g/mol. The summed E-state index contributed by atoms with van der Waals surface area (Å²) in [6.45, 7) is 6.45. The van der Waals surface area contributed by atoms with Crippen LogP contribution in [0.4, 0.5) is 11.4 Å². The van der Waals surface area contributed by atoms with Gasteiger partial charge in [0.1, 0.15) is 11.3 Å². The molecular formula is C17H23N3O5. The van der Waals surface area contributed by atoms with Crippen LogP contribution in [0, 0.1) is 10.1 Å². The summed E-state index contributed by atoms with van der Waals surface area (Å²) in [6.07, 6.45) is 0.784. The van der Waals surface area contributed by atoms with Crippen molar-refractivity contribution in [1.82, 2.24) is 5.32 Å². The van der Waals surface area contributed by atoms with Crippen molar-refractivity contribution in [3.63, 3.8) is 0 Å². The molecular weight excluding hydrogens is 326 g/mol. The third kappa shape index (κ3) is 3.74. The molecule has 1 spiro atoms. The topological polar surface area (TPSA) is 93.9 Å². The Morgan fingerprint density at radius 2 is 2.20 bits per heavy atom. The molecule has 2 aliphatic heterocycles. The number of carbonyl (C=O) groups excluding carboxylic acids is 1. The maximum absolute atomic E-state index is 12.1. The van der Waals surface area contributed by atoms with Gasteiger partial charge in [-0.2, -0.15) is 0 Å². The lowest BCUT2D eigenvalue weighted by Crippen LogP contribution is -2.52. The number of ether oxygens (including phenoxy) is 2. The first-order chi connectivity index (χ1) is 11.9. The molecule has 2 saturated heterocycles. The SMILES string of the molecule is CC(C)NC(=O)c1ccc(N2CCOC3(CCOC3)C2)c([N+](=O)[O-])c1. The quantitative estimate of drug-likeness (QED) is 0.657. The molecule has 1 atom stereocenters. The highest BCUT2D eigenvalue weighted by Crippen LogP contribution is 2.35. The van der Waals surface area contributed by atoms with Crippen molar-refractivity contribution >= 4 is 17.3 Å². The third-order valence-electron chi connectivity index (χ3n) is 4.51. The maximum atomic E-state index is 12.1. The van der Waals surface area contributed by atoms with E-state index in [-0.39, 0.29) is 28.8 Å². The summed E-state index contributed by atoms with van der Waals surface area (Å²) in [7, 11) is 0. The average Bonchev–Trinajstić information content (AvgIpc) is 3.01. The van der Waals surface area contributed by atoms with Crippen molar-refractivity contribution in [2.45, 2.75) is 31.9 Å². The Kier molecular flexibility index (Phi) is 4.91. The lowest BCUT2D eigenvalue weighted by Gasteiger charge is -2.40. The molecule has 2 aliphatic rings. The monoisotopic (exact) mass is 349 g/mol. The first-order valence-electron chi connectivity index (χ1n) is 8.46. The van der Waals surface area contributed by atoms with E-state index in [0.29, 0.717) is 38.6 Å². The highest BCUT2D eigenvalue weighted by Gasteiger charge is 2.41. The van der Waals surface area contributed by atoms with E-state index in [4.69, 9.17) is 9.47 Å². The summed E-state index contributed by atoms with van der Waals surface area (Å²) >= 11 is 0. The van der Waals surface area contributed by atoms with E-state index in [0.717, 1.165) is 6.42 Å². The summed E-state index contributed by atoms with van der Waals surface area (Å²) in [5.41, 5.74) is 0.351. The van der Waals surface area contributed by atoms with Gasteiger partial charge in [-0.15, -0.1) is 0 Å². The zero-order valence-corrected chi connectivity index (χ0v) is 14.5. The molecule has 0 aliphatic carbocycles. The van der Waals surface area contributed by atoms with Crippen LogP contribution in [-0.4, -0.2) is 55.4 Å². The fourth-order valence-electron chi connectivity index (χ4n) is 3.30. The van der Waals surface area contributed by atoms with Gasteiger partial charge in [-0.1, -0.05) is 0 Å². The van der Waals surface area contributed by atoms with Crippen molar-refractivity contribution in [1.29, 1.82) is 0 Å². The molecule has 1 aromatic carbocycles. The van der Waals surface area contributed by atoms with Crippen LogP contribution < -0.4 is 10.2 Å². The van der Waals surface area contributed by atoms with Gasteiger partial charge < -0.3 is 19.7 Å². The first kappa shape index (κ1) is 17.6. The number of amides is 1. The second-order valence-corrected chi connectivity index (χ2v) is 6.84. The van der Waals surface area contributed by atoms with Crippen LogP contribution in [0.5, 0.6) is 0 Å². The van der Waals surface area contributed by atoms with Gasteiger partial charge in [-0.25, -0.2) is 0 Å². The largest absolute Gasteiger partial charge is 0.378 e.